The number of carbonyl (C=O) groups excluding carboxylic acids is 2. The van der Waals surface area contributed by atoms with Crippen LogP contribution >= 0.6 is 0 Å². The number of carbonyl (C=O) groups is 2. The molecule has 0 radical (unpaired) electrons. The molecule has 1 aliphatic heterocycles. The van der Waals surface area contributed by atoms with E-state index in [0.29, 0.717) is 12.1 Å². The molecule has 0 atom stereocenters. The van der Waals surface area contributed by atoms with Crippen LogP contribution in [-0.4, -0.2) is 60.4 Å². The van der Waals surface area contributed by atoms with E-state index >= 15 is 0 Å². The number of nitrogens with zero attached hydrogens (tertiary/aromatic N) is 2. The fraction of sp³-hybridized carbons (Fsp3) is 0.529. The molecule has 0 aromatic heterocycles. The largest absolute Gasteiger partial charge is 0.340 e. The van der Waals surface area contributed by atoms with Gasteiger partial charge in [0.1, 0.15) is 0 Å². The highest BCUT2D eigenvalue weighted by Crippen LogP contribution is 2.13. The predicted molar refractivity (Wildman–Crippen MR) is 91.1 cm³/mol. The molecule has 1 saturated heterocycles. The minimum Gasteiger partial charge on any atom is -0.340 e. The lowest BCUT2D eigenvalue weighted by Gasteiger charge is -2.32. The van der Waals surface area contributed by atoms with E-state index in [0.717, 1.165) is 31.7 Å². The molecule has 126 valence electrons. The van der Waals surface area contributed by atoms with Gasteiger partial charge in [0.15, 0.2) is 0 Å². The van der Waals surface area contributed by atoms with Crippen LogP contribution < -0.4 is 11.1 Å². The molecule has 0 unspecified atom stereocenters. The van der Waals surface area contributed by atoms with Gasteiger partial charge in [0, 0.05) is 31.9 Å². The van der Waals surface area contributed by atoms with Crippen LogP contribution in [0.5, 0.6) is 0 Å². The van der Waals surface area contributed by atoms with Crippen LogP contribution in [0.3, 0.4) is 0 Å². The number of hydrogen-bond acceptors (Lipinski definition) is 4. The molecule has 0 saturated carbocycles. The van der Waals surface area contributed by atoms with Crippen molar-refractivity contribution in [2.24, 2.45) is 5.73 Å². The number of piperazine rings is 1. The van der Waals surface area contributed by atoms with Crippen LogP contribution in [0.4, 0.5) is 5.69 Å². The van der Waals surface area contributed by atoms with Gasteiger partial charge in [-0.05, 0) is 38.6 Å². The van der Waals surface area contributed by atoms with Gasteiger partial charge in [-0.1, -0.05) is 12.1 Å². The van der Waals surface area contributed by atoms with Gasteiger partial charge in [0.05, 0.1) is 12.0 Å². The molecule has 3 N–H and O–H groups in total. The molecule has 1 aliphatic rings. The van der Waals surface area contributed by atoms with Crippen molar-refractivity contribution in [2.75, 3.05) is 38.5 Å². The van der Waals surface area contributed by atoms with Crippen molar-refractivity contribution < 1.29 is 9.59 Å². The highest BCUT2D eigenvalue weighted by molar-refractivity contribution is 5.97. The average molecular weight is 318 g/mol. The summed E-state index contributed by atoms with van der Waals surface area (Å²) in [6, 6.07) is 7.34. The van der Waals surface area contributed by atoms with Gasteiger partial charge < -0.3 is 20.9 Å². The topological polar surface area (TPSA) is 78.7 Å². The number of likely N-dealkylation sites (N-methyl/N-ethyl adjacent to an activating group) is 1. The lowest BCUT2D eigenvalue weighted by atomic mass is 10.1. The van der Waals surface area contributed by atoms with E-state index < -0.39 is 5.54 Å². The van der Waals surface area contributed by atoms with Crippen LogP contribution in [-0.2, 0) is 16.0 Å². The third-order valence-electron chi connectivity index (χ3n) is 4.01. The fourth-order valence-corrected chi connectivity index (χ4v) is 2.34. The van der Waals surface area contributed by atoms with E-state index in [-0.39, 0.29) is 11.8 Å². The molecular formula is C17H26N4O2. The maximum absolute atomic E-state index is 12.3. The summed E-state index contributed by atoms with van der Waals surface area (Å²) < 4.78 is 0. The van der Waals surface area contributed by atoms with Gasteiger partial charge in [0.2, 0.25) is 11.8 Å². The minimum atomic E-state index is -0.921. The van der Waals surface area contributed by atoms with Crippen molar-refractivity contribution in [1.29, 1.82) is 0 Å². The van der Waals surface area contributed by atoms with Crippen LogP contribution in [0.1, 0.15) is 19.4 Å². The van der Waals surface area contributed by atoms with Crippen molar-refractivity contribution in [3.63, 3.8) is 0 Å². The summed E-state index contributed by atoms with van der Waals surface area (Å²) in [4.78, 5) is 28.3. The summed E-state index contributed by atoms with van der Waals surface area (Å²) in [5.41, 5.74) is 6.46. The summed E-state index contributed by atoms with van der Waals surface area (Å²) >= 11 is 0. The lowest BCUT2D eigenvalue weighted by Crippen LogP contribution is -2.47. The zero-order valence-electron chi connectivity index (χ0n) is 14.1. The number of benzene rings is 1. The highest BCUT2D eigenvalue weighted by Gasteiger charge is 2.22. The molecule has 0 spiro atoms. The maximum Gasteiger partial charge on any atom is 0.243 e. The number of nitrogens with two attached hydrogens (primary N) is 1. The van der Waals surface area contributed by atoms with Crippen LogP contribution in [0.25, 0.3) is 0 Å². The van der Waals surface area contributed by atoms with Crippen LogP contribution in [0.15, 0.2) is 24.3 Å². The van der Waals surface area contributed by atoms with E-state index in [9.17, 15) is 9.59 Å². The molecule has 1 heterocycles. The maximum atomic E-state index is 12.3. The van der Waals surface area contributed by atoms with Gasteiger partial charge in [-0.25, -0.2) is 0 Å². The summed E-state index contributed by atoms with van der Waals surface area (Å²) in [6.07, 6.45) is 0.389. The summed E-state index contributed by atoms with van der Waals surface area (Å²) in [5.74, 6) is -0.0864. The Labute approximate surface area is 137 Å². The van der Waals surface area contributed by atoms with E-state index in [1.54, 1.807) is 26.0 Å². The number of hydrogen-bond donors (Lipinski definition) is 2. The highest BCUT2D eigenvalue weighted by atomic mass is 16.2. The van der Waals surface area contributed by atoms with Gasteiger partial charge in [0.25, 0.3) is 0 Å². The van der Waals surface area contributed by atoms with Crippen molar-refractivity contribution >= 4 is 17.5 Å². The standard InChI is InChI=1S/C17H26N4O2/c1-17(2,18)16(23)19-14-6-4-13(5-7-14)12-15(22)21-10-8-20(3)9-11-21/h4-7H,8-12,18H2,1-3H3,(H,19,23). The normalized spacial score (nSPS) is 16.3. The van der Waals surface area contributed by atoms with Gasteiger partial charge >= 0.3 is 0 Å². The Morgan fingerprint density at radius 1 is 1.13 bits per heavy atom. The molecule has 23 heavy (non-hydrogen) atoms. The van der Waals surface area contributed by atoms with E-state index in [1.165, 1.54) is 0 Å². The smallest absolute Gasteiger partial charge is 0.243 e. The zero-order chi connectivity index (χ0) is 17.0. The first-order valence-electron chi connectivity index (χ1n) is 7.91. The number of nitrogens with one attached hydrogen (secondary N) is 1. The molecule has 1 aromatic rings. The molecule has 1 fully saturated rings. The van der Waals surface area contributed by atoms with E-state index in [1.807, 2.05) is 17.0 Å². The first-order valence-corrected chi connectivity index (χ1v) is 7.91. The second-order valence-corrected chi connectivity index (χ2v) is 6.73. The minimum absolute atomic E-state index is 0.151. The molecule has 2 amide bonds. The van der Waals surface area contributed by atoms with Gasteiger partial charge in [-0.15, -0.1) is 0 Å². The average Bonchev–Trinajstić information content (AvgIpc) is 2.49. The van der Waals surface area contributed by atoms with Crippen LogP contribution in [0, 0.1) is 0 Å². The Hall–Kier alpha value is -1.92. The zero-order valence-corrected chi connectivity index (χ0v) is 14.1. The number of anilines is 1. The lowest BCUT2D eigenvalue weighted by molar-refractivity contribution is -0.132. The first kappa shape index (κ1) is 17.4. The Kier molecular flexibility index (Phi) is 5.38. The van der Waals surface area contributed by atoms with Gasteiger partial charge in [-0.3, -0.25) is 9.59 Å². The van der Waals surface area contributed by atoms with Crippen molar-refractivity contribution in [3.8, 4) is 0 Å². The monoisotopic (exact) mass is 318 g/mol. The van der Waals surface area contributed by atoms with Crippen molar-refractivity contribution in [3.05, 3.63) is 29.8 Å². The van der Waals surface area contributed by atoms with Crippen molar-refractivity contribution in [1.82, 2.24) is 9.80 Å². The summed E-state index contributed by atoms with van der Waals surface area (Å²) in [5, 5.41) is 2.77. The molecular weight excluding hydrogens is 292 g/mol. The van der Waals surface area contributed by atoms with E-state index in [2.05, 4.69) is 17.3 Å². The second-order valence-electron chi connectivity index (χ2n) is 6.73. The Morgan fingerprint density at radius 2 is 1.70 bits per heavy atom. The summed E-state index contributed by atoms with van der Waals surface area (Å²) in [7, 11) is 2.07. The molecule has 0 aliphatic carbocycles. The molecule has 2 rings (SSSR count). The Morgan fingerprint density at radius 3 is 2.22 bits per heavy atom. The third kappa shape index (κ3) is 5.04. The SMILES string of the molecule is CN1CCN(C(=O)Cc2ccc(NC(=O)C(C)(C)N)cc2)CC1. The van der Waals surface area contributed by atoms with Crippen molar-refractivity contribution in [2.45, 2.75) is 25.8 Å². The van der Waals surface area contributed by atoms with Crippen LogP contribution in [0.2, 0.25) is 0 Å². The summed E-state index contributed by atoms with van der Waals surface area (Å²) in [6.45, 7) is 6.73. The molecule has 0 bridgehead atoms. The number of amides is 2. The Balaban J connectivity index is 1.90. The predicted octanol–water partition coefficient (Wildman–Crippen LogP) is 0.679. The van der Waals surface area contributed by atoms with E-state index in [4.69, 9.17) is 5.73 Å². The molecule has 1 aromatic carbocycles. The second kappa shape index (κ2) is 7.10. The molecule has 6 heteroatoms. The number of rotatable bonds is 4. The Bertz CT molecular complexity index is 555. The molecule has 6 nitrogen and oxygen atoms in total. The fourth-order valence-electron chi connectivity index (χ4n) is 2.34. The first-order chi connectivity index (χ1) is 10.8. The quantitative estimate of drug-likeness (QED) is 0.856. The third-order valence-corrected chi connectivity index (χ3v) is 4.01. The van der Waals surface area contributed by atoms with Gasteiger partial charge in [-0.2, -0.15) is 0 Å².